The van der Waals surface area contributed by atoms with E-state index in [9.17, 15) is 9.90 Å². The van der Waals surface area contributed by atoms with E-state index in [0.717, 1.165) is 11.3 Å². The first kappa shape index (κ1) is 10.7. The van der Waals surface area contributed by atoms with E-state index in [1.165, 1.54) is 5.38 Å². The summed E-state index contributed by atoms with van der Waals surface area (Å²) in [6, 6.07) is 0. The number of aromatic nitrogens is 1. The van der Waals surface area contributed by atoms with Crippen LogP contribution in [0.2, 0.25) is 0 Å². The number of hydrogen-bond acceptors (Lipinski definition) is 5. The molecule has 4 nitrogen and oxygen atoms in total. The Morgan fingerprint density at radius 3 is 2.73 bits per heavy atom. The first-order chi connectivity index (χ1) is 4.74. The van der Waals surface area contributed by atoms with Gasteiger partial charge in [-0.15, -0.1) is 11.3 Å². The van der Waals surface area contributed by atoms with Gasteiger partial charge in [0.05, 0.1) is 12.3 Å². The predicted molar refractivity (Wildman–Crippen MR) is 32.4 cm³/mol. The van der Waals surface area contributed by atoms with E-state index in [0.29, 0.717) is 5.69 Å². The molecule has 0 amide bonds. The van der Waals surface area contributed by atoms with Gasteiger partial charge in [-0.3, -0.25) is 0 Å². The van der Waals surface area contributed by atoms with Gasteiger partial charge in [0.15, 0.2) is 0 Å². The second-order valence-corrected chi connectivity index (χ2v) is 2.45. The number of carboxylic acids is 1. The summed E-state index contributed by atoms with van der Waals surface area (Å²) in [5.41, 5.74) is 0.365. The third-order valence-corrected chi connectivity index (χ3v) is 1.76. The first-order valence-electron chi connectivity index (χ1n) is 2.50. The fourth-order valence-corrected chi connectivity index (χ4v) is 1.11. The van der Waals surface area contributed by atoms with Gasteiger partial charge < -0.3 is 15.0 Å². The molecule has 1 N–H and O–H groups in total. The molecule has 0 aliphatic heterocycles. The summed E-state index contributed by atoms with van der Waals surface area (Å²) >= 11 is 0.949. The van der Waals surface area contributed by atoms with Crippen molar-refractivity contribution in [1.82, 2.24) is 4.98 Å². The fraction of sp³-hybridized carbons (Fsp3) is 0.200. The first-order valence-corrected chi connectivity index (χ1v) is 3.38. The van der Waals surface area contributed by atoms with E-state index in [2.05, 4.69) is 4.98 Å². The maximum absolute atomic E-state index is 10.1. The summed E-state index contributed by atoms with van der Waals surface area (Å²) in [4.78, 5) is 13.6. The molecule has 0 spiro atoms. The van der Waals surface area contributed by atoms with Gasteiger partial charge in [-0.25, -0.2) is 4.98 Å². The molecule has 0 saturated heterocycles. The van der Waals surface area contributed by atoms with Crippen molar-refractivity contribution in [2.24, 2.45) is 0 Å². The van der Waals surface area contributed by atoms with E-state index in [-0.39, 0.29) is 30.5 Å². The number of aromatic carboxylic acids is 1. The second-order valence-electron chi connectivity index (χ2n) is 1.59. The predicted octanol–water partition coefficient (Wildman–Crippen LogP) is -4.00. The van der Waals surface area contributed by atoms with Crippen molar-refractivity contribution in [2.45, 2.75) is 6.61 Å². The standard InChI is InChI=1S/C5H5NO3S.Li/c7-1-3-2-10-4(6-3)5(8)9;/h2,7H,1H2,(H,8,9);/q;+1/p-1. The number of nitrogens with zero attached hydrogens (tertiary/aromatic N) is 1. The molecule has 0 saturated carbocycles. The van der Waals surface area contributed by atoms with Crippen molar-refractivity contribution < 1.29 is 33.9 Å². The summed E-state index contributed by atoms with van der Waals surface area (Å²) in [5.74, 6) is -1.30. The minimum absolute atomic E-state index is 0. The molecule has 0 atom stereocenters. The number of aliphatic hydroxyl groups excluding tert-OH is 1. The maximum atomic E-state index is 10.1. The second kappa shape index (κ2) is 4.52. The Balaban J connectivity index is 0.000001000. The zero-order valence-electron chi connectivity index (χ0n) is 5.90. The summed E-state index contributed by atoms with van der Waals surface area (Å²) in [5, 5.41) is 19.9. The molecule has 1 aromatic rings. The summed E-state index contributed by atoms with van der Waals surface area (Å²) in [7, 11) is 0. The van der Waals surface area contributed by atoms with Crippen LogP contribution in [-0.2, 0) is 6.61 Å². The van der Waals surface area contributed by atoms with Gasteiger partial charge in [0, 0.05) is 5.38 Å². The van der Waals surface area contributed by atoms with Crippen LogP contribution in [-0.4, -0.2) is 16.1 Å². The van der Waals surface area contributed by atoms with Crippen molar-refractivity contribution in [1.29, 1.82) is 0 Å². The molecular weight excluding hydrogens is 161 g/mol. The molecule has 6 heteroatoms. The van der Waals surface area contributed by atoms with Crippen LogP contribution >= 0.6 is 11.3 Å². The van der Waals surface area contributed by atoms with Crippen molar-refractivity contribution >= 4 is 17.3 Å². The van der Waals surface area contributed by atoms with E-state index in [1.807, 2.05) is 0 Å². The number of carboxylic acid groups (broad SMARTS) is 1. The Morgan fingerprint density at radius 2 is 2.45 bits per heavy atom. The molecule has 0 fully saturated rings. The fourth-order valence-electron chi connectivity index (χ4n) is 0.473. The molecule has 0 bridgehead atoms. The van der Waals surface area contributed by atoms with Crippen LogP contribution in [0.5, 0.6) is 0 Å². The third-order valence-electron chi connectivity index (χ3n) is 0.888. The molecular formula is C5H4LiNO3S. The summed E-state index contributed by atoms with van der Waals surface area (Å²) < 4.78 is 0. The van der Waals surface area contributed by atoms with Gasteiger partial charge in [-0.05, 0) is 0 Å². The molecule has 54 valence electrons. The molecule has 0 radical (unpaired) electrons. The van der Waals surface area contributed by atoms with E-state index < -0.39 is 5.97 Å². The quantitative estimate of drug-likeness (QED) is 0.453. The van der Waals surface area contributed by atoms with Crippen molar-refractivity contribution in [3.05, 3.63) is 16.1 Å². The molecule has 0 aliphatic rings. The molecule has 0 aliphatic carbocycles. The van der Waals surface area contributed by atoms with Gasteiger partial charge >= 0.3 is 18.9 Å². The normalized spacial score (nSPS) is 8.82. The topological polar surface area (TPSA) is 73.2 Å². The average molecular weight is 165 g/mol. The number of carbonyl (C=O) groups is 1. The van der Waals surface area contributed by atoms with Crippen molar-refractivity contribution in [3.8, 4) is 0 Å². The van der Waals surface area contributed by atoms with E-state index in [4.69, 9.17) is 5.11 Å². The maximum Gasteiger partial charge on any atom is 1.00 e. The minimum atomic E-state index is -1.30. The zero-order chi connectivity index (χ0) is 7.56. The van der Waals surface area contributed by atoms with Crippen LogP contribution in [0, 0.1) is 0 Å². The van der Waals surface area contributed by atoms with Gasteiger partial charge in [0.1, 0.15) is 11.0 Å². The third kappa shape index (κ3) is 2.64. The summed E-state index contributed by atoms with van der Waals surface area (Å²) in [6.45, 7) is -0.232. The van der Waals surface area contributed by atoms with Crippen LogP contribution in [0.25, 0.3) is 0 Å². The number of carbonyl (C=O) groups excluding carboxylic acids is 1. The number of hydrogen-bond donors (Lipinski definition) is 1. The van der Waals surface area contributed by atoms with Crippen LogP contribution in [0.1, 0.15) is 15.5 Å². The van der Waals surface area contributed by atoms with Crippen LogP contribution in [0.4, 0.5) is 0 Å². The van der Waals surface area contributed by atoms with Crippen molar-refractivity contribution in [3.63, 3.8) is 0 Å². The molecule has 1 rings (SSSR count). The monoisotopic (exact) mass is 165 g/mol. The smallest absolute Gasteiger partial charge is 0.542 e. The van der Waals surface area contributed by atoms with Gasteiger partial charge in [-0.2, -0.15) is 0 Å². The number of aliphatic hydroxyl groups is 1. The SMILES string of the molecule is O=C([O-])c1nc(CO)cs1.[Li+]. The van der Waals surface area contributed by atoms with Gasteiger partial charge in [0.2, 0.25) is 0 Å². The van der Waals surface area contributed by atoms with E-state index in [1.54, 1.807) is 0 Å². The Bertz CT molecular complexity index is 250. The Morgan fingerprint density at radius 1 is 1.82 bits per heavy atom. The molecule has 0 aromatic carbocycles. The Labute approximate surface area is 79.1 Å². The number of rotatable bonds is 2. The minimum Gasteiger partial charge on any atom is -0.542 e. The average Bonchev–Trinajstić information content (AvgIpc) is 2.34. The largest absolute Gasteiger partial charge is 1.00 e. The molecule has 0 unspecified atom stereocenters. The molecule has 11 heavy (non-hydrogen) atoms. The van der Waals surface area contributed by atoms with Crippen LogP contribution < -0.4 is 24.0 Å². The van der Waals surface area contributed by atoms with Crippen molar-refractivity contribution in [2.75, 3.05) is 0 Å². The van der Waals surface area contributed by atoms with E-state index >= 15 is 0 Å². The van der Waals surface area contributed by atoms with Crippen LogP contribution in [0.15, 0.2) is 5.38 Å². The van der Waals surface area contributed by atoms with Gasteiger partial charge in [-0.1, -0.05) is 0 Å². The summed E-state index contributed by atoms with van der Waals surface area (Å²) in [6.07, 6.45) is 0. The molecule has 1 aromatic heterocycles. The Kier molecular flexibility index (Phi) is 4.38. The Hall–Kier alpha value is -0.343. The zero-order valence-corrected chi connectivity index (χ0v) is 6.72. The molecule has 1 heterocycles. The van der Waals surface area contributed by atoms with Gasteiger partial charge in [0.25, 0.3) is 0 Å². The van der Waals surface area contributed by atoms with Crippen LogP contribution in [0.3, 0.4) is 0 Å². The number of thiazole rings is 1.